The molecule has 0 bridgehead atoms. The first-order valence-electron chi connectivity index (χ1n) is 10.5. The molecule has 0 spiro atoms. The molecule has 2 heterocycles. The second kappa shape index (κ2) is 7.85. The van der Waals surface area contributed by atoms with Crippen LogP contribution in [0.25, 0.3) is 27.7 Å². The molecule has 1 aromatic heterocycles. The second-order valence-corrected chi connectivity index (χ2v) is 8.55. The van der Waals surface area contributed by atoms with Crippen LogP contribution in [0.3, 0.4) is 0 Å². The van der Waals surface area contributed by atoms with E-state index in [1.165, 1.54) is 4.57 Å². The fourth-order valence-corrected chi connectivity index (χ4v) is 4.74. The topological polar surface area (TPSA) is 62.5 Å². The Balaban J connectivity index is 1.87. The summed E-state index contributed by atoms with van der Waals surface area (Å²) in [5.41, 5.74) is 1.80. The minimum Gasteiger partial charge on any atom is -0.477 e. The van der Waals surface area contributed by atoms with Crippen molar-refractivity contribution in [2.75, 3.05) is 7.05 Å². The van der Waals surface area contributed by atoms with Crippen molar-refractivity contribution in [2.24, 2.45) is 0 Å². The highest BCUT2D eigenvalue weighted by molar-refractivity contribution is 5.96. The summed E-state index contributed by atoms with van der Waals surface area (Å²) >= 11 is 0. The molecule has 5 nitrogen and oxygen atoms in total. The number of carboxylic acid groups (broad SMARTS) is 1. The van der Waals surface area contributed by atoms with Gasteiger partial charge in [-0.1, -0.05) is 12.1 Å². The Morgan fingerprint density at radius 2 is 1.71 bits per heavy atom. The van der Waals surface area contributed by atoms with Crippen LogP contribution < -0.4 is 5.43 Å². The molecule has 0 atom stereocenters. The fourth-order valence-electron chi connectivity index (χ4n) is 4.74. The third kappa shape index (κ3) is 3.38. The SMILES string of the molecule is Cc1c(-c2ccc3c(c2)CN(C)C3)c(F)cc2c(=O)c(C(=O)O)cn(-c3ccc(F)cc3F)c12. The highest BCUT2D eigenvalue weighted by Crippen LogP contribution is 2.35. The van der Waals surface area contributed by atoms with E-state index in [2.05, 4.69) is 4.90 Å². The third-order valence-corrected chi connectivity index (χ3v) is 6.26. The van der Waals surface area contributed by atoms with Crippen LogP contribution in [-0.2, 0) is 13.1 Å². The van der Waals surface area contributed by atoms with Crippen LogP contribution in [0.1, 0.15) is 27.0 Å². The molecule has 0 aliphatic carbocycles. The molecule has 1 N–H and O–H groups in total. The van der Waals surface area contributed by atoms with Gasteiger partial charge in [-0.2, -0.15) is 0 Å². The number of aryl methyl sites for hydroxylation is 1. The zero-order valence-electron chi connectivity index (χ0n) is 18.3. The van der Waals surface area contributed by atoms with Crippen LogP contribution >= 0.6 is 0 Å². The van der Waals surface area contributed by atoms with E-state index in [9.17, 15) is 23.5 Å². The predicted molar refractivity (Wildman–Crippen MR) is 122 cm³/mol. The minimum atomic E-state index is -1.53. The first-order chi connectivity index (χ1) is 16.2. The molecule has 1 aliphatic rings. The molecule has 0 fully saturated rings. The van der Waals surface area contributed by atoms with Gasteiger partial charge in [-0.25, -0.2) is 18.0 Å². The number of aromatic nitrogens is 1. The quantitative estimate of drug-likeness (QED) is 0.462. The molecule has 0 saturated carbocycles. The Labute approximate surface area is 192 Å². The van der Waals surface area contributed by atoms with Crippen molar-refractivity contribution >= 4 is 16.9 Å². The van der Waals surface area contributed by atoms with Gasteiger partial charge >= 0.3 is 5.97 Å². The normalized spacial score (nSPS) is 13.4. The van der Waals surface area contributed by atoms with Crippen molar-refractivity contribution < 1.29 is 23.1 Å². The summed E-state index contributed by atoms with van der Waals surface area (Å²) in [6, 6.07) is 9.44. The van der Waals surface area contributed by atoms with Crippen molar-refractivity contribution in [1.29, 1.82) is 0 Å². The summed E-state index contributed by atoms with van der Waals surface area (Å²) in [5, 5.41) is 9.32. The maximum Gasteiger partial charge on any atom is 0.341 e. The average molecular weight is 464 g/mol. The van der Waals surface area contributed by atoms with Gasteiger partial charge in [0.1, 0.15) is 23.0 Å². The number of hydrogen-bond donors (Lipinski definition) is 1. The molecule has 8 heteroatoms. The molecule has 34 heavy (non-hydrogen) atoms. The Bertz CT molecular complexity index is 1580. The van der Waals surface area contributed by atoms with Gasteiger partial charge in [0.2, 0.25) is 5.43 Å². The van der Waals surface area contributed by atoms with Gasteiger partial charge in [0, 0.05) is 30.9 Å². The number of fused-ring (bicyclic) bond motifs is 2. The lowest BCUT2D eigenvalue weighted by Crippen LogP contribution is -2.20. The maximum atomic E-state index is 15.4. The van der Waals surface area contributed by atoms with E-state index < -0.39 is 34.4 Å². The number of benzene rings is 3. The monoisotopic (exact) mass is 464 g/mol. The molecule has 1 aliphatic heterocycles. The Morgan fingerprint density at radius 3 is 2.41 bits per heavy atom. The first-order valence-corrected chi connectivity index (χ1v) is 10.5. The highest BCUT2D eigenvalue weighted by Gasteiger charge is 2.24. The zero-order valence-corrected chi connectivity index (χ0v) is 18.3. The summed E-state index contributed by atoms with van der Waals surface area (Å²) in [4.78, 5) is 26.8. The van der Waals surface area contributed by atoms with Crippen LogP contribution in [0.5, 0.6) is 0 Å². The lowest BCUT2D eigenvalue weighted by molar-refractivity contribution is 0.0695. The standard InChI is InChI=1S/C26H19F3N2O3/c1-13-23(14-3-4-15-10-30(2)11-16(15)7-14)21(29)9-18-24(13)31(12-19(25(18)32)26(33)34)22-6-5-17(27)8-20(22)28/h3-9,12H,10-11H2,1-2H3,(H,33,34). The number of pyridine rings is 1. The summed E-state index contributed by atoms with van der Waals surface area (Å²) in [6.07, 6.45) is 0.996. The largest absolute Gasteiger partial charge is 0.477 e. The molecule has 0 unspecified atom stereocenters. The number of hydrogen-bond acceptors (Lipinski definition) is 3. The summed E-state index contributed by atoms with van der Waals surface area (Å²) in [7, 11) is 1.98. The van der Waals surface area contributed by atoms with Gasteiger partial charge in [0.25, 0.3) is 0 Å². The molecular weight excluding hydrogens is 445 g/mol. The number of aromatic carboxylic acids is 1. The van der Waals surface area contributed by atoms with Crippen molar-refractivity contribution in [3.05, 3.63) is 98.6 Å². The summed E-state index contributed by atoms with van der Waals surface area (Å²) < 4.78 is 44.9. The van der Waals surface area contributed by atoms with Gasteiger partial charge in [0.05, 0.1) is 16.6 Å². The molecule has 3 aromatic carbocycles. The van der Waals surface area contributed by atoms with E-state index in [1.807, 2.05) is 19.2 Å². The van der Waals surface area contributed by atoms with Crippen molar-refractivity contribution in [1.82, 2.24) is 9.47 Å². The van der Waals surface area contributed by atoms with E-state index in [-0.39, 0.29) is 22.2 Å². The van der Waals surface area contributed by atoms with Gasteiger partial charge in [-0.3, -0.25) is 9.69 Å². The molecule has 5 rings (SSSR count). The Morgan fingerprint density at radius 1 is 0.971 bits per heavy atom. The van der Waals surface area contributed by atoms with Crippen LogP contribution in [-0.4, -0.2) is 27.6 Å². The van der Waals surface area contributed by atoms with Gasteiger partial charge < -0.3 is 9.67 Å². The molecule has 172 valence electrons. The van der Waals surface area contributed by atoms with E-state index in [0.29, 0.717) is 23.7 Å². The smallest absolute Gasteiger partial charge is 0.341 e. The van der Waals surface area contributed by atoms with Crippen molar-refractivity contribution in [2.45, 2.75) is 20.0 Å². The predicted octanol–water partition coefficient (Wildman–Crippen LogP) is 5.03. The Kier molecular flexibility index (Phi) is 5.06. The highest BCUT2D eigenvalue weighted by atomic mass is 19.1. The van der Waals surface area contributed by atoms with Gasteiger partial charge in [-0.05, 0) is 60.5 Å². The number of halogens is 3. The minimum absolute atomic E-state index is 0.148. The number of carbonyl (C=O) groups is 1. The fraction of sp³-hybridized carbons (Fsp3) is 0.154. The molecule has 4 aromatic rings. The first kappa shape index (κ1) is 21.9. The van der Waals surface area contributed by atoms with E-state index in [4.69, 9.17) is 0 Å². The number of nitrogens with zero attached hydrogens (tertiary/aromatic N) is 2. The van der Waals surface area contributed by atoms with Crippen LogP contribution in [0.15, 0.2) is 53.5 Å². The Hall–Kier alpha value is -3.91. The zero-order chi connectivity index (χ0) is 24.3. The van der Waals surface area contributed by atoms with Crippen molar-refractivity contribution in [3.8, 4) is 16.8 Å². The number of rotatable bonds is 3. The average Bonchev–Trinajstić information content (AvgIpc) is 3.14. The van der Waals surface area contributed by atoms with Crippen LogP contribution in [0, 0.1) is 24.4 Å². The molecular formula is C26H19F3N2O3. The van der Waals surface area contributed by atoms with Crippen LogP contribution in [0.4, 0.5) is 13.2 Å². The summed E-state index contributed by atoms with van der Waals surface area (Å²) in [6.45, 7) is 3.10. The van der Waals surface area contributed by atoms with E-state index in [0.717, 1.165) is 42.1 Å². The molecule has 0 amide bonds. The molecule has 0 radical (unpaired) electrons. The third-order valence-electron chi connectivity index (χ3n) is 6.26. The van der Waals surface area contributed by atoms with Crippen molar-refractivity contribution in [3.63, 3.8) is 0 Å². The summed E-state index contributed by atoms with van der Waals surface area (Å²) in [5.74, 6) is -3.99. The number of carboxylic acids is 1. The van der Waals surface area contributed by atoms with Crippen LogP contribution in [0.2, 0.25) is 0 Å². The molecule has 0 saturated heterocycles. The van der Waals surface area contributed by atoms with Gasteiger partial charge in [-0.15, -0.1) is 0 Å². The maximum absolute atomic E-state index is 15.4. The van der Waals surface area contributed by atoms with E-state index in [1.54, 1.807) is 13.0 Å². The van der Waals surface area contributed by atoms with Gasteiger partial charge in [0.15, 0.2) is 0 Å². The second-order valence-electron chi connectivity index (χ2n) is 8.55. The van der Waals surface area contributed by atoms with E-state index >= 15 is 4.39 Å². The lowest BCUT2D eigenvalue weighted by atomic mass is 9.94. The lowest BCUT2D eigenvalue weighted by Gasteiger charge is -2.18.